The highest BCUT2D eigenvalue weighted by Gasteiger charge is 2.07. The van der Waals surface area contributed by atoms with Crippen molar-refractivity contribution in [3.63, 3.8) is 0 Å². The van der Waals surface area contributed by atoms with Gasteiger partial charge >= 0.3 is 0 Å². The zero-order valence-corrected chi connectivity index (χ0v) is 42.5. The summed E-state index contributed by atoms with van der Waals surface area (Å²) in [5, 5.41) is 2.62. The first-order valence-corrected chi connectivity index (χ1v) is 23.5. The summed E-state index contributed by atoms with van der Waals surface area (Å²) >= 11 is 0. The minimum Gasteiger partial charge on any atom is -0.381 e. The van der Waals surface area contributed by atoms with Gasteiger partial charge in [0.25, 0.3) is 0 Å². The fourth-order valence-electron chi connectivity index (χ4n) is 3.72. The smallest absolute Gasteiger partial charge is 0.0466 e. The number of aryl methyl sites for hydroxylation is 2. The zero-order chi connectivity index (χ0) is 45.4. The Morgan fingerprint density at radius 1 is 0.255 bits per heavy atom. The van der Waals surface area contributed by atoms with Gasteiger partial charge in [-0.25, -0.2) is 0 Å². The first kappa shape index (κ1) is 76.8. The Morgan fingerprint density at radius 3 is 0.655 bits per heavy atom. The van der Waals surface area contributed by atoms with Crippen LogP contribution in [0.5, 0.6) is 0 Å². The lowest BCUT2D eigenvalue weighted by molar-refractivity contribution is 0.0968. The normalized spacial score (nSPS) is 9.16. The fourth-order valence-corrected chi connectivity index (χ4v) is 3.72. The third-order valence-electron chi connectivity index (χ3n) is 5.41. The van der Waals surface area contributed by atoms with Gasteiger partial charge in [0.05, 0.1) is 0 Å². The van der Waals surface area contributed by atoms with E-state index in [4.69, 9.17) is 4.74 Å². The summed E-state index contributed by atoms with van der Waals surface area (Å²) in [5.74, 6) is 0. The van der Waals surface area contributed by atoms with E-state index in [-0.39, 0.29) is 0 Å². The van der Waals surface area contributed by atoms with Crippen LogP contribution in [0.2, 0.25) is 0 Å². The lowest BCUT2D eigenvalue weighted by Crippen LogP contribution is -2.03. The van der Waals surface area contributed by atoms with Gasteiger partial charge in [-0.15, -0.1) is 0 Å². The summed E-state index contributed by atoms with van der Waals surface area (Å²) < 4.78 is 5.07. The van der Waals surface area contributed by atoms with Gasteiger partial charge in [-0.2, -0.15) is 0 Å². The van der Waals surface area contributed by atoms with E-state index in [9.17, 15) is 0 Å². The predicted molar refractivity (Wildman–Crippen MR) is 270 cm³/mol. The predicted octanol–water partition coefficient (Wildman–Crippen LogP) is 20.2. The van der Waals surface area contributed by atoms with Crippen LogP contribution in [-0.4, -0.2) is 13.2 Å². The molecule has 4 aromatic carbocycles. The Kier molecular flexibility index (Phi) is 137. The van der Waals surface area contributed by atoms with Crippen molar-refractivity contribution < 1.29 is 4.74 Å². The second-order valence-electron chi connectivity index (χ2n) is 7.80. The van der Waals surface area contributed by atoms with Crippen LogP contribution in [0.1, 0.15) is 203 Å². The minimum absolute atomic E-state index is 1.00. The summed E-state index contributed by atoms with van der Waals surface area (Å²) in [4.78, 5) is 0. The van der Waals surface area contributed by atoms with E-state index in [1.807, 2.05) is 203 Å². The van der Waals surface area contributed by atoms with E-state index in [2.05, 4.69) is 72.8 Å². The van der Waals surface area contributed by atoms with Gasteiger partial charge in [0.1, 0.15) is 0 Å². The standard InChI is InChI=1S/C10H8.C9H10.C6H6.C5H10O.12C2H6/c1-2-6-10-8-4-3-7-9(10)5-1;1-2-5-9-7-3-6-8(9)4-1;2*1-2-4-6-5-3-1;12*1-2/h1-8H;1-2,4-5H,3,6-7H2;1-6H;1-5H2;12*1-2H3. The molecular formula is C54H106O. The molecule has 0 amide bonds. The first-order valence-electron chi connectivity index (χ1n) is 23.5. The van der Waals surface area contributed by atoms with Gasteiger partial charge in [-0.05, 0) is 60.4 Å². The topological polar surface area (TPSA) is 9.23 Å². The molecule has 1 aliphatic heterocycles. The number of hydrogen-bond donors (Lipinski definition) is 0. The molecule has 2 aliphatic rings. The van der Waals surface area contributed by atoms with Crippen molar-refractivity contribution in [2.45, 2.75) is 205 Å². The van der Waals surface area contributed by atoms with Crippen LogP contribution < -0.4 is 0 Å². The number of rotatable bonds is 0. The molecule has 1 heterocycles. The quantitative estimate of drug-likeness (QED) is 0.173. The number of fused-ring (bicyclic) bond motifs is 2. The first-order chi connectivity index (χ1) is 27.4. The molecule has 0 bridgehead atoms. The molecule has 0 spiro atoms. The van der Waals surface area contributed by atoms with Gasteiger partial charge in [-0.1, -0.05) is 275 Å². The molecule has 328 valence electrons. The van der Waals surface area contributed by atoms with Gasteiger partial charge in [-0.3, -0.25) is 0 Å². The monoisotopic (exact) mass is 771 g/mol. The minimum atomic E-state index is 1.00. The molecule has 1 aliphatic carbocycles. The largest absolute Gasteiger partial charge is 0.381 e. The molecule has 55 heavy (non-hydrogen) atoms. The summed E-state index contributed by atoms with van der Waals surface area (Å²) in [7, 11) is 0. The maximum absolute atomic E-state index is 5.07. The van der Waals surface area contributed by atoms with E-state index in [0.29, 0.717) is 0 Å². The van der Waals surface area contributed by atoms with E-state index < -0.39 is 0 Å². The molecule has 1 fully saturated rings. The average Bonchev–Trinajstić information content (AvgIpc) is 3.85. The maximum atomic E-state index is 5.07. The lowest BCUT2D eigenvalue weighted by atomic mass is 10.1. The van der Waals surface area contributed by atoms with Gasteiger partial charge in [0, 0.05) is 13.2 Å². The Bertz CT molecular complexity index is 848. The Labute approximate surface area is 352 Å². The molecule has 1 heteroatoms. The lowest BCUT2D eigenvalue weighted by Gasteiger charge is -2.08. The molecule has 0 unspecified atom stereocenters. The highest BCUT2D eigenvalue weighted by Crippen LogP contribution is 2.20. The highest BCUT2D eigenvalue weighted by atomic mass is 16.5. The van der Waals surface area contributed by atoms with Crippen molar-refractivity contribution in [1.82, 2.24) is 0 Å². The van der Waals surface area contributed by atoms with Crippen molar-refractivity contribution in [2.24, 2.45) is 0 Å². The number of hydrogen-bond acceptors (Lipinski definition) is 1. The molecule has 1 saturated heterocycles. The molecule has 0 radical (unpaired) electrons. The third kappa shape index (κ3) is 63.3. The Balaban J connectivity index is -0.0000000525. The highest BCUT2D eigenvalue weighted by molar-refractivity contribution is 5.82. The summed E-state index contributed by atoms with van der Waals surface area (Å²) in [6, 6.07) is 37.4. The van der Waals surface area contributed by atoms with E-state index in [1.165, 1.54) is 49.3 Å². The van der Waals surface area contributed by atoms with E-state index in [1.54, 1.807) is 11.1 Å². The molecule has 6 rings (SSSR count). The third-order valence-corrected chi connectivity index (χ3v) is 5.41. The van der Waals surface area contributed by atoms with E-state index in [0.717, 1.165) is 13.2 Å². The maximum Gasteiger partial charge on any atom is 0.0466 e. The van der Waals surface area contributed by atoms with Gasteiger partial charge in [0.15, 0.2) is 0 Å². The Morgan fingerprint density at radius 2 is 0.473 bits per heavy atom. The number of benzene rings is 4. The van der Waals surface area contributed by atoms with Crippen LogP contribution in [0.3, 0.4) is 0 Å². The average molecular weight is 771 g/mol. The van der Waals surface area contributed by atoms with E-state index >= 15 is 0 Å². The molecule has 4 aromatic rings. The Hall–Kier alpha value is -2.90. The second kappa shape index (κ2) is 98.4. The summed E-state index contributed by atoms with van der Waals surface area (Å²) in [6.45, 7) is 50.0. The van der Waals surface area contributed by atoms with Crippen LogP contribution in [-0.2, 0) is 17.6 Å². The molecule has 0 atom stereocenters. The second-order valence-corrected chi connectivity index (χ2v) is 7.80. The van der Waals surface area contributed by atoms with Crippen LogP contribution in [0.15, 0.2) is 109 Å². The van der Waals surface area contributed by atoms with Crippen LogP contribution in [0, 0.1) is 0 Å². The van der Waals surface area contributed by atoms with Crippen molar-refractivity contribution in [1.29, 1.82) is 0 Å². The molecule has 0 aromatic heterocycles. The molecular weight excluding hydrogens is 665 g/mol. The van der Waals surface area contributed by atoms with Gasteiger partial charge < -0.3 is 4.74 Å². The van der Waals surface area contributed by atoms with Crippen molar-refractivity contribution in [3.8, 4) is 0 Å². The molecule has 0 N–H and O–H groups in total. The van der Waals surface area contributed by atoms with Crippen molar-refractivity contribution in [2.75, 3.05) is 13.2 Å². The number of ether oxygens (including phenoxy) is 1. The van der Waals surface area contributed by atoms with Gasteiger partial charge in [0.2, 0.25) is 0 Å². The fraction of sp³-hybridized carbons (Fsp3) is 0.593. The molecule has 0 saturated carbocycles. The summed E-state index contributed by atoms with van der Waals surface area (Å²) in [5.41, 5.74) is 3.13. The van der Waals surface area contributed by atoms with Crippen LogP contribution in [0.4, 0.5) is 0 Å². The SMILES string of the molecule is C1CCOCC1.CC.CC.CC.CC.CC.CC.CC.CC.CC.CC.CC.CC.c1ccc2c(c1)CCC2.c1ccc2ccccc2c1.c1ccccc1. The van der Waals surface area contributed by atoms with Crippen LogP contribution >= 0.6 is 0 Å². The molecule has 1 nitrogen and oxygen atoms in total. The summed E-state index contributed by atoms with van der Waals surface area (Å²) in [6.07, 6.45) is 7.89. The van der Waals surface area contributed by atoms with Crippen molar-refractivity contribution >= 4 is 10.8 Å². The van der Waals surface area contributed by atoms with Crippen LogP contribution in [0.25, 0.3) is 10.8 Å². The van der Waals surface area contributed by atoms with Crippen molar-refractivity contribution in [3.05, 3.63) is 120 Å². The zero-order valence-electron chi connectivity index (χ0n) is 42.5.